The SMILES string of the molecule is CC(C)[C@H](NC(=O)CCCCC(=O)C1CC[C@H](OC(C)(C)C)C1)C(=O)C[C@@H](CCCNC(N)=O)C(=O)Nc1ccc(COC(=O)NCCOCCOCCOP(=O)(O)C(C)(C)C)cc1. The number of rotatable bonds is 30. The minimum absolute atomic E-state index is 0.00999. The zero-order chi connectivity index (χ0) is 47.9. The third-order valence-electron chi connectivity index (χ3n) is 10.4. The lowest BCUT2D eigenvalue weighted by atomic mass is 9.89. The molecular formula is C45H76N5O13P. The first-order valence-corrected chi connectivity index (χ1v) is 24.0. The third-order valence-corrected chi connectivity index (χ3v) is 12.7. The first-order chi connectivity index (χ1) is 30.0. The predicted octanol–water partition coefficient (Wildman–Crippen LogP) is 6.16. The molecule has 1 saturated carbocycles. The summed E-state index contributed by atoms with van der Waals surface area (Å²) in [6.45, 7) is 15.7. The molecular weight excluding hydrogens is 849 g/mol. The molecule has 2 unspecified atom stereocenters. The minimum atomic E-state index is -3.74. The number of Topliss-reactive ketones (excluding diaryl/α,β-unsaturated/α-hetero) is 2. The highest BCUT2D eigenvalue weighted by molar-refractivity contribution is 7.54. The molecule has 5 atom stereocenters. The van der Waals surface area contributed by atoms with Gasteiger partial charge >= 0.3 is 19.7 Å². The number of hydrogen-bond donors (Lipinski definition) is 6. The van der Waals surface area contributed by atoms with Gasteiger partial charge in [-0.2, -0.15) is 0 Å². The second kappa shape index (κ2) is 28.2. The molecule has 0 radical (unpaired) electrons. The quantitative estimate of drug-likeness (QED) is 0.0374. The standard InChI is InChI=1S/C45H76N5O13P/c1-31(2)40(50-39(53)14-10-9-13-37(51)33-17-20-36(28-33)63-44(3,4)5)38(52)29-34(12-11-21-47-42(46)55)41(54)49-35-18-15-32(16-19-35)30-61-43(56)48-22-23-59-24-25-60-26-27-62-64(57,58)45(6,7)8/h15-16,18-19,31,33-34,36,40H,9-14,17,20-30H2,1-8H3,(H,48,56)(H,49,54)(H,50,53)(H,57,58)(H3,46,47,55)/t33?,34-,36+,40+/m1/s1. The monoisotopic (exact) mass is 926 g/mol. The molecule has 2 rings (SSSR count). The fourth-order valence-electron chi connectivity index (χ4n) is 6.84. The number of unbranched alkanes of at least 4 members (excludes halogenated alkanes) is 1. The van der Waals surface area contributed by atoms with E-state index < -0.39 is 42.7 Å². The Morgan fingerprint density at radius 3 is 2.11 bits per heavy atom. The van der Waals surface area contributed by atoms with Crippen LogP contribution in [0.15, 0.2) is 24.3 Å². The van der Waals surface area contributed by atoms with E-state index in [1.807, 2.05) is 34.6 Å². The highest BCUT2D eigenvalue weighted by Gasteiger charge is 2.36. The van der Waals surface area contributed by atoms with Crippen LogP contribution in [0.4, 0.5) is 15.3 Å². The number of carbonyl (C=O) groups excluding carboxylic acids is 6. The van der Waals surface area contributed by atoms with Crippen LogP contribution < -0.4 is 27.0 Å². The summed E-state index contributed by atoms with van der Waals surface area (Å²) in [7, 11) is -3.74. The Kier molecular flexibility index (Phi) is 24.7. The number of anilines is 1. The van der Waals surface area contributed by atoms with Crippen molar-refractivity contribution in [3.05, 3.63) is 29.8 Å². The Labute approximate surface area is 379 Å². The molecule has 5 amide bonds. The lowest BCUT2D eigenvalue weighted by molar-refractivity contribution is -0.131. The summed E-state index contributed by atoms with van der Waals surface area (Å²) in [5.74, 6) is -1.83. The van der Waals surface area contributed by atoms with Gasteiger partial charge in [0.1, 0.15) is 12.4 Å². The summed E-state index contributed by atoms with van der Waals surface area (Å²) < 4.78 is 39.2. The molecule has 1 aromatic carbocycles. The maximum atomic E-state index is 13.7. The van der Waals surface area contributed by atoms with E-state index >= 15 is 0 Å². The van der Waals surface area contributed by atoms with Gasteiger partial charge in [-0.1, -0.05) is 26.0 Å². The molecule has 0 saturated heterocycles. The topological polar surface area (TPSA) is 260 Å². The molecule has 1 fully saturated rings. The fourth-order valence-corrected chi connectivity index (χ4v) is 7.55. The summed E-state index contributed by atoms with van der Waals surface area (Å²) in [5.41, 5.74) is 6.07. The van der Waals surface area contributed by atoms with Crippen molar-refractivity contribution in [3.63, 3.8) is 0 Å². The number of nitrogens with two attached hydrogens (primary N) is 1. The molecule has 0 aromatic heterocycles. The van der Waals surface area contributed by atoms with E-state index in [1.54, 1.807) is 45.0 Å². The first-order valence-electron chi connectivity index (χ1n) is 22.5. The van der Waals surface area contributed by atoms with Crippen molar-refractivity contribution in [3.8, 4) is 0 Å². The van der Waals surface area contributed by atoms with Crippen LogP contribution in [0, 0.1) is 17.8 Å². The number of carbonyl (C=O) groups is 6. The van der Waals surface area contributed by atoms with E-state index in [0.29, 0.717) is 36.9 Å². The van der Waals surface area contributed by atoms with Gasteiger partial charge in [-0.25, -0.2) is 9.59 Å². The third kappa shape index (κ3) is 23.3. The van der Waals surface area contributed by atoms with Crippen molar-refractivity contribution < 1.29 is 61.7 Å². The number of alkyl carbamates (subject to hydrolysis) is 1. The molecule has 0 bridgehead atoms. The van der Waals surface area contributed by atoms with E-state index in [0.717, 1.165) is 19.3 Å². The van der Waals surface area contributed by atoms with Crippen molar-refractivity contribution in [1.82, 2.24) is 16.0 Å². The summed E-state index contributed by atoms with van der Waals surface area (Å²) in [6, 6.07) is 5.14. The van der Waals surface area contributed by atoms with Crippen LogP contribution in [-0.2, 0) is 53.8 Å². The molecule has 0 spiro atoms. The van der Waals surface area contributed by atoms with Gasteiger partial charge in [0.05, 0.1) is 55.9 Å². The highest BCUT2D eigenvalue weighted by Crippen LogP contribution is 2.54. The molecule has 64 heavy (non-hydrogen) atoms. The number of nitrogens with one attached hydrogen (secondary N) is 4. The van der Waals surface area contributed by atoms with Crippen LogP contribution in [0.2, 0.25) is 0 Å². The highest BCUT2D eigenvalue weighted by atomic mass is 31.2. The van der Waals surface area contributed by atoms with Crippen molar-refractivity contribution >= 4 is 48.8 Å². The number of ether oxygens (including phenoxy) is 4. The van der Waals surface area contributed by atoms with Gasteiger partial charge in [-0.05, 0) is 110 Å². The van der Waals surface area contributed by atoms with Crippen molar-refractivity contribution in [2.45, 2.75) is 149 Å². The molecule has 18 nitrogen and oxygen atoms in total. The van der Waals surface area contributed by atoms with E-state index in [9.17, 15) is 38.2 Å². The van der Waals surface area contributed by atoms with E-state index in [-0.39, 0.29) is 113 Å². The minimum Gasteiger partial charge on any atom is -0.445 e. The lowest BCUT2D eigenvalue weighted by Gasteiger charge is -2.24. The molecule has 1 aliphatic rings. The molecule has 7 N–H and O–H groups in total. The normalized spacial score (nSPS) is 17.2. The van der Waals surface area contributed by atoms with Crippen LogP contribution in [0.1, 0.15) is 125 Å². The Morgan fingerprint density at radius 1 is 0.844 bits per heavy atom. The summed E-state index contributed by atoms with van der Waals surface area (Å²) >= 11 is 0. The number of amides is 5. The van der Waals surface area contributed by atoms with Crippen molar-refractivity contribution in [1.29, 1.82) is 0 Å². The summed E-state index contributed by atoms with van der Waals surface area (Å²) in [6.07, 6.45) is 4.00. The molecule has 1 aliphatic carbocycles. The zero-order valence-electron chi connectivity index (χ0n) is 39.3. The van der Waals surface area contributed by atoms with Crippen molar-refractivity contribution in [2.24, 2.45) is 23.5 Å². The second-order valence-electron chi connectivity index (χ2n) is 18.6. The second-order valence-corrected chi connectivity index (χ2v) is 21.2. The van der Waals surface area contributed by atoms with E-state index in [2.05, 4.69) is 21.3 Å². The lowest BCUT2D eigenvalue weighted by Crippen LogP contribution is -2.45. The average Bonchev–Trinajstić information content (AvgIpc) is 3.66. The number of urea groups is 1. The van der Waals surface area contributed by atoms with E-state index in [1.165, 1.54) is 0 Å². The maximum absolute atomic E-state index is 13.7. The van der Waals surface area contributed by atoms with Crippen LogP contribution in [0.25, 0.3) is 0 Å². The fraction of sp³-hybridized carbons (Fsp3) is 0.733. The van der Waals surface area contributed by atoms with Crippen LogP contribution in [-0.4, -0.2) is 109 Å². The molecule has 0 heterocycles. The Bertz CT molecular complexity index is 1680. The van der Waals surface area contributed by atoms with Gasteiger partial charge in [0.15, 0.2) is 5.78 Å². The van der Waals surface area contributed by atoms with Crippen LogP contribution in [0.5, 0.6) is 0 Å². The Morgan fingerprint density at radius 2 is 1.48 bits per heavy atom. The summed E-state index contributed by atoms with van der Waals surface area (Å²) in [5, 5.41) is 9.91. The van der Waals surface area contributed by atoms with Crippen LogP contribution in [0.3, 0.4) is 0 Å². The Balaban J connectivity index is 1.79. The molecule has 1 aromatic rings. The van der Waals surface area contributed by atoms with Gasteiger partial charge in [-0.15, -0.1) is 0 Å². The number of primary amides is 1. The number of hydrogen-bond acceptors (Lipinski definition) is 12. The average molecular weight is 926 g/mol. The largest absolute Gasteiger partial charge is 0.445 e. The number of ketones is 2. The number of benzene rings is 1. The smallest absolute Gasteiger partial charge is 0.407 e. The first kappa shape index (κ1) is 56.2. The van der Waals surface area contributed by atoms with E-state index in [4.69, 9.17) is 29.2 Å². The van der Waals surface area contributed by atoms with Gasteiger partial charge in [0.2, 0.25) is 11.8 Å². The van der Waals surface area contributed by atoms with Crippen molar-refractivity contribution in [2.75, 3.05) is 51.4 Å². The summed E-state index contributed by atoms with van der Waals surface area (Å²) in [4.78, 5) is 86.4. The predicted molar refractivity (Wildman–Crippen MR) is 243 cm³/mol. The van der Waals surface area contributed by atoms with Gasteiger partial charge in [0, 0.05) is 49.9 Å². The molecule has 19 heteroatoms. The maximum Gasteiger partial charge on any atom is 0.407 e. The van der Waals surface area contributed by atoms with Gasteiger partial charge in [-0.3, -0.25) is 23.7 Å². The van der Waals surface area contributed by atoms with Gasteiger partial charge < -0.3 is 55.4 Å². The zero-order valence-corrected chi connectivity index (χ0v) is 40.2. The van der Waals surface area contributed by atoms with Crippen LogP contribution >= 0.6 is 7.60 Å². The van der Waals surface area contributed by atoms with Gasteiger partial charge in [0.25, 0.3) is 0 Å². The molecule has 364 valence electrons. The molecule has 0 aliphatic heterocycles. The Hall–Kier alpha value is -3.93.